The van der Waals surface area contributed by atoms with Gasteiger partial charge in [0.05, 0.1) is 0 Å². The van der Waals surface area contributed by atoms with Gasteiger partial charge >= 0.3 is 0 Å². The molecule has 2 saturated heterocycles. The molecule has 2 atom stereocenters. The van der Waals surface area contributed by atoms with E-state index in [1.54, 1.807) is 0 Å². The van der Waals surface area contributed by atoms with Crippen LogP contribution in [0.15, 0.2) is 0 Å². The van der Waals surface area contributed by atoms with Crippen LogP contribution in [0.1, 0.15) is 44.9 Å². The molecule has 104 valence electrons. The molecule has 0 bridgehead atoms. The van der Waals surface area contributed by atoms with E-state index in [0.29, 0.717) is 6.04 Å². The molecule has 1 saturated carbocycles. The molecule has 2 aliphatic heterocycles. The minimum absolute atomic E-state index is 0.674. The summed E-state index contributed by atoms with van der Waals surface area (Å²) in [7, 11) is 0. The highest BCUT2D eigenvalue weighted by molar-refractivity contribution is 4.92. The zero-order valence-electron chi connectivity index (χ0n) is 11.7. The van der Waals surface area contributed by atoms with Crippen molar-refractivity contribution < 1.29 is 0 Å². The average Bonchev–Trinajstić information content (AvgIpc) is 2.88. The van der Waals surface area contributed by atoms with Crippen LogP contribution in [0, 0.1) is 5.92 Å². The molecule has 0 aromatic carbocycles. The molecule has 0 amide bonds. The summed E-state index contributed by atoms with van der Waals surface area (Å²) in [5.41, 5.74) is 6.12. The fourth-order valence-electron chi connectivity index (χ4n) is 4.47. The number of fused-ring (bicyclic) bond motifs is 1. The van der Waals surface area contributed by atoms with Gasteiger partial charge in [-0.25, -0.2) is 0 Å². The summed E-state index contributed by atoms with van der Waals surface area (Å²) < 4.78 is 0. The van der Waals surface area contributed by atoms with Crippen LogP contribution in [0.3, 0.4) is 0 Å². The summed E-state index contributed by atoms with van der Waals surface area (Å²) in [6.45, 7) is 6.05. The minimum Gasteiger partial charge on any atom is -0.329 e. The lowest BCUT2D eigenvalue weighted by atomic mass is 9.83. The van der Waals surface area contributed by atoms with E-state index in [2.05, 4.69) is 9.80 Å². The SMILES string of the molecule is NCC(C1CCCCC1)N1CCN2CCCC2C1. The van der Waals surface area contributed by atoms with Crippen LogP contribution in [0.4, 0.5) is 0 Å². The van der Waals surface area contributed by atoms with Crippen molar-refractivity contribution in [1.29, 1.82) is 0 Å². The van der Waals surface area contributed by atoms with Crippen molar-refractivity contribution in [3.63, 3.8) is 0 Å². The number of piperazine rings is 1. The molecular formula is C15H29N3. The maximum Gasteiger partial charge on any atom is 0.0247 e. The van der Waals surface area contributed by atoms with E-state index < -0.39 is 0 Å². The van der Waals surface area contributed by atoms with Crippen molar-refractivity contribution in [1.82, 2.24) is 9.80 Å². The molecule has 2 N–H and O–H groups in total. The van der Waals surface area contributed by atoms with Gasteiger partial charge in [0.15, 0.2) is 0 Å². The van der Waals surface area contributed by atoms with Crippen molar-refractivity contribution in [2.24, 2.45) is 11.7 Å². The van der Waals surface area contributed by atoms with Crippen LogP contribution in [0.25, 0.3) is 0 Å². The maximum atomic E-state index is 6.12. The van der Waals surface area contributed by atoms with Gasteiger partial charge in [0.1, 0.15) is 0 Å². The van der Waals surface area contributed by atoms with E-state index in [1.165, 1.54) is 71.1 Å². The Kier molecular flexibility index (Phi) is 4.22. The second-order valence-corrected chi connectivity index (χ2v) is 6.53. The summed E-state index contributed by atoms with van der Waals surface area (Å²) >= 11 is 0. The highest BCUT2D eigenvalue weighted by Gasteiger charge is 2.35. The van der Waals surface area contributed by atoms with Gasteiger partial charge in [-0.3, -0.25) is 9.80 Å². The molecule has 0 aromatic rings. The molecule has 2 heterocycles. The first-order chi connectivity index (χ1) is 8.88. The second kappa shape index (κ2) is 5.89. The quantitative estimate of drug-likeness (QED) is 0.828. The summed E-state index contributed by atoms with van der Waals surface area (Å²) in [5.74, 6) is 0.886. The normalized spacial score (nSPS) is 33.5. The third kappa shape index (κ3) is 2.59. The average molecular weight is 251 g/mol. The number of nitrogens with zero attached hydrogens (tertiary/aromatic N) is 2. The Hall–Kier alpha value is -0.120. The first kappa shape index (κ1) is 12.9. The van der Waals surface area contributed by atoms with Crippen molar-refractivity contribution in [2.75, 3.05) is 32.7 Å². The van der Waals surface area contributed by atoms with Gasteiger partial charge in [-0.1, -0.05) is 19.3 Å². The van der Waals surface area contributed by atoms with Gasteiger partial charge in [-0.2, -0.15) is 0 Å². The fourth-order valence-corrected chi connectivity index (χ4v) is 4.47. The molecule has 3 heteroatoms. The van der Waals surface area contributed by atoms with Gasteiger partial charge in [-0.05, 0) is 38.1 Å². The van der Waals surface area contributed by atoms with Crippen molar-refractivity contribution in [3.05, 3.63) is 0 Å². The van der Waals surface area contributed by atoms with Crippen molar-refractivity contribution in [3.8, 4) is 0 Å². The third-order valence-corrected chi connectivity index (χ3v) is 5.52. The molecule has 3 nitrogen and oxygen atoms in total. The molecule has 3 rings (SSSR count). The summed E-state index contributed by atoms with van der Waals surface area (Å²) in [6, 6.07) is 1.52. The first-order valence-electron chi connectivity index (χ1n) is 8.06. The molecule has 2 unspecified atom stereocenters. The molecule has 0 radical (unpaired) electrons. The molecule has 3 aliphatic rings. The molecule has 0 aromatic heterocycles. The molecule has 3 fully saturated rings. The smallest absolute Gasteiger partial charge is 0.0247 e. The lowest BCUT2D eigenvalue weighted by Crippen LogP contribution is -2.57. The van der Waals surface area contributed by atoms with Crippen molar-refractivity contribution in [2.45, 2.75) is 57.0 Å². The highest BCUT2D eigenvalue weighted by atomic mass is 15.3. The van der Waals surface area contributed by atoms with Gasteiger partial charge in [0.25, 0.3) is 0 Å². The Balaban J connectivity index is 1.60. The fraction of sp³-hybridized carbons (Fsp3) is 1.00. The van der Waals surface area contributed by atoms with Crippen LogP contribution in [-0.4, -0.2) is 54.6 Å². The van der Waals surface area contributed by atoms with Crippen LogP contribution in [-0.2, 0) is 0 Å². The predicted molar refractivity (Wildman–Crippen MR) is 75.6 cm³/mol. The van der Waals surface area contributed by atoms with E-state index >= 15 is 0 Å². The number of hydrogen-bond donors (Lipinski definition) is 1. The molecule has 1 aliphatic carbocycles. The van der Waals surface area contributed by atoms with E-state index in [1.807, 2.05) is 0 Å². The molecule has 0 spiro atoms. The summed E-state index contributed by atoms with van der Waals surface area (Å²) in [5, 5.41) is 0. The molecule has 18 heavy (non-hydrogen) atoms. The largest absolute Gasteiger partial charge is 0.329 e. The molecular weight excluding hydrogens is 222 g/mol. The Bertz CT molecular complexity index is 262. The van der Waals surface area contributed by atoms with E-state index in [4.69, 9.17) is 5.73 Å². The second-order valence-electron chi connectivity index (χ2n) is 6.53. The Morgan fingerprint density at radius 2 is 1.78 bits per heavy atom. The van der Waals surface area contributed by atoms with Crippen LogP contribution in [0.2, 0.25) is 0 Å². The van der Waals surface area contributed by atoms with E-state index in [0.717, 1.165) is 18.5 Å². The zero-order valence-corrected chi connectivity index (χ0v) is 11.7. The van der Waals surface area contributed by atoms with Gasteiger partial charge in [-0.15, -0.1) is 0 Å². The Morgan fingerprint density at radius 3 is 2.56 bits per heavy atom. The topological polar surface area (TPSA) is 32.5 Å². The Labute approximate surface area is 112 Å². The number of nitrogens with two attached hydrogens (primary N) is 1. The lowest BCUT2D eigenvalue weighted by Gasteiger charge is -2.44. The highest BCUT2D eigenvalue weighted by Crippen LogP contribution is 2.31. The Morgan fingerprint density at radius 1 is 0.944 bits per heavy atom. The number of hydrogen-bond acceptors (Lipinski definition) is 3. The van der Waals surface area contributed by atoms with E-state index in [-0.39, 0.29) is 0 Å². The first-order valence-corrected chi connectivity index (χ1v) is 8.06. The summed E-state index contributed by atoms with van der Waals surface area (Å²) in [4.78, 5) is 5.44. The van der Waals surface area contributed by atoms with Gasteiger partial charge in [0.2, 0.25) is 0 Å². The van der Waals surface area contributed by atoms with Crippen LogP contribution >= 0.6 is 0 Å². The van der Waals surface area contributed by atoms with Crippen molar-refractivity contribution >= 4 is 0 Å². The lowest BCUT2D eigenvalue weighted by molar-refractivity contribution is 0.0432. The van der Waals surface area contributed by atoms with E-state index in [9.17, 15) is 0 Å². The monoisotopic (exact) mass is 251 g/mol. The van der Waals surface area contributed by atoms with Crippen LogP contribution < -0.4 is 5.73 Å². The van der Waals surface area contributed by atoms with Gasteiger partial charge in [0, 0.05) is 38.3 Å². The number of rotatable bonds is 3. The maximum absolute atomic E-state index is 6.12. The predicted octanol–water partition coefficient (Wildman–Crippen LogP) is 1.67. The zero-order chi connectivity index (χ0) is 12.4. The van der Waals surface area contributed by atoms with Crippen LogP contribution in [0.5, 0.6) is 0 Å². The third-order valence-electron chi connectivity index (χ3n) is 5.52. The van der Waals surface area contributed by atoms with Gasteiger partial charge < -0.3 is 5.73 Å². The summed E-state index contributed by atoms with van der Waals surface area (Å²) in [6.07, 6.45) is 9.99. The minimum atomic E-state index is 0.674. The standard InChI is InChI=1S/C15H29N3/c16-11-15(13-5-2-1-3-6-13)18-10-9-17-8-4-7-14(17)12-18/h13-15H,1-12,16H2.